The number of rotatable bonds is 4. The van der Waals surface area contributed by atoms with Crippen molar-refractivity contribution in [2.24, 2.45) is 12.8 Å². The molecule has 72 valence electrons. The molecular formula is C10H17N3. The van der Waals surface area contributed by atoms with E-state index in [2.05, 4.69) is 22.6 Å². The summed E-state index contributed by atoms with van der Waals surface area (Å²) < 4.78 is 2.08. The summed E-state index contributed by atoms with van der Waals surface area (Å²) in [5.41, 5.74) is 6.67. The minimum absolute atomic E-state index is 0.677. The Bertz CT molecular complexity index is 286. The van der Waals surface area contributed by atoms with E-state index in [9.17, 15) is 0 Å². The Morgan fingerprint density at radius 1 is 1.62 bits per heavy atom. The topological polar surface area (TPSA) is 43.8 Å². The molecular weight excluding hydrogens is 162 g/mol. The fourth-order valence-corrected chi connectivity index (χ4v) is 1.22. The number of allylic oxidation sites excluding steroid dienone is 1. The van der Waals surface area contributed by atoms with Gasteiger partial charge in [-0.05, 0) is 19.0 Å². The molecule has 0 aliphatic carbocycles. The summed E-state index contributed by atoms with van der Waals surface area (Å²) in [6.45, 7) is 2.79. The van der Waals surface area contributed by atoms with Crippen LogP contribution < -0.4 is 5.73 Å². The second kappa shape index (κ2) is 4.82. The van der Waals surface area contributed by atoms with E-state index >= 15 is 0 Å². The molecule has 3 nitrogen and oxygen atoms in total. The zero-order valence-electron chi connectivity index (χ0n) is 8.33. The SMILES string of the molecule is CCC=Cc1ncc(CCN)n1C. The summed E-state index contributed by atoms with van der Waals surface area (Å²) >= 11 is 0. The largest absolute Gasteiger partial charge is 0.332 e. The van der Waals surface area contributed by atoms with Gasteiger partial charge in [-0.25, -0.2) is 4.98 Å². The average molecular weight is 179 g/mol. The van der Waals surface area contributed by atoms with Crippen LogP contribution in [0.25, 0.3) is 6.08 Å². The van der Waals surface area contributed by atoms with Crippen molar-refractivity contribution in [3.05, 3.63) is 23.8 Å². The standard InChI is InChI=1S/C10H17N3/c1-3-4-5-10-12-8-9(6-7-11)13(10)2/h4-5,8H,3,6-7,11H2,1-2H3. The molecule has 0 atom stereocenters. The minimum Gasteiger partial charge on any atom is -0.332 e. The van der Waals surface area contributed by atoms with E-state index in [0.29, 0.717) is 6.54 Å². The van der Waals surface area contributed by atoms with Gasteiger partial charge in [0.2, 0.25) is 0 Å². The second-order valence-electron chi connectivity index (χ2n) is 3.02. The van der Waals surface area contributed by atoms with Crippen LogP contribution in [-0.2, 0) is 13.5 Å². The Morgan fingerprint density at radius 3 is 3.00 bits per heavy atom. The van der Waals surface area contributed by atoms with Crippen molar-refractivity contribution in [3.63, 3.8) is 0 Å². The summed E-state index contributed by atoms with van der Waals surface area (Å²) in [6, 6.07) is 0. The Balaban J connectivity index is 2.79. The lowest BCUT2D eigenvalue weighted by Gasteiger charge is -2.00. The van der Waals surface area contributed by atoms with E-state index in [1.807, 2.05) is 19.3 Å². The van der Waals surface area contributed by atoms with Gasteiger partial charge in [0.25, 0.3) is 0 Å². The highest BCUT2D eigenvalue weighted by Gasteiger charge is 2.01. The van der Waals surface area contributed by atoms with Crippen molar-refractivity contribution >= 4 is 6.08 Å². The van der Waals surface area contributed by atoms with E-state index in [-0.39, 0.29) is 0 Å². The quantitative estimate of drug-likeness (QED) is 0.758. The maximum Gasteiger partial charge on any atom is 0.132 e. The lowest BCUT2D eigenvalue weighted by molar-refractivity contribution is 0.796. The fraction of sp³-hybridized carbons (Fsp3) is 0.500. The van der Waals surface area contributed by atoms with Gasteiger partial charge in [-0.1, -0.05) is 13.0 Å². The molecule has 0 radical (unpaired) electrons. The summed E-state index contributed by atoms with van der Waals surface area (Å²) in [4.78, 5) is 4.29. The molecule has 0 saturated carbocycles. The molecule has 0 bridgehead atoms. The second-order valence-corrected chi connectivity index (χ2v) is 3.02. The number of hydrogen-bond acceptors (Lipinski definition) is 2. The molecule has 0 saturated heterocycles. The predicted molar refractivity (Wildman–Crippen MR) is 55.3 cm³/mol. The van der Waals surface area contributed by atoms with Gasteiger partial charge in [0.1, 0.15) is 5.82 Å². The van der Waals surface area contributed by atoms with Gasteiger partial charge >= 0.3 is 0 Å². The molecule has 0 aromatic carbocycles. The van der Waals surface area contributed by atoms with Crippen LogP contribution in [0.1, 0.15) is 24.9 Å². The van der Waals surface area contributed by atoms with Crippen LogP contribution in [0.3, 0.4) is 0 Å². The van der Waals surface area contributed by atoms with Gasteiger partial charge in [0.15, 0.2) is 0 Å². The fourth-order valence-electron chi connectivity index (χ4n) is 1.22. The van der Waals surface area contributed by atoms with Crippen LogP contribution in [0.5, 0.6) is 0 Å². The molecule has 2 N–H and O–H groups in total. The van der Waals surface area contributed by atoms with Crippen molar-refractivity contribution < 1.29 is 0 Å². The first-order valence-electron chi connectivity index (χ1n) is 4.66. The summed E-state index contributed by atoms with van der Waals surface area (Å²) in [5.74, 6) is 1.00. The number of aromatic nitrogens is 2. The first-order valence-corrected chi connectivity index (χ1v) is 4.66. The van der Waals surface area contributed by atoms with Gasteiger partial charge in [-0.2, -0.15) is 0 Å². The summed E-state index contributed by atoms with van der Waals surface area (Å²) in [5, 5.41) is 0. The van der Waals surface area contributed by atoms with Crippen LogP contribution >= 0.6 is 0 Å². The molecule has 1 aromatic heterocycles. The first kappa shape index (κ1) is 9.99. The smallest absolute Gasteiger partial charge is 0.132 e. The zero-order chi connectivity index (χ0) is 9.68. The van der Waals surface area contributed by atoms with Crippen molar-refractivity contribution in [1.29, 1.82) is 0 Å². The van der Waals surface area contributed by atoms with E-state index in [1.54, 1.807) is 0 Å². The Labute approximate surface area is 79.3 Å². The molecule has 13 heavy (non-hydrogen) atoms. The first-order chi connectivity index (χ1) is 6.29. The van der Waals surface area contributed by atoms with Crippen LogP contribution in [0.2, 0.25) is 0 Å². The highest BCUT2D eigenvalue weighted by Crippen LogP contribution is 2.05. The highest BCUT2D eigenvalue weighted by molar-refractivity contribution is 5.41. The molecule has 3 heteroatoms. The van der Waals surface area contributed by atoms with E-state index in [0.717, 1.165) is 18.7 Å². The van der Waals surface area contributed by atoms with Crippen LogP contribution in [0, 0.1) is 0 Å². The lowest BCUT2D eigenvalue weighted by Crippen LogP contribution is -2.07. The third kappa shape index (κ3) is 2.42. The molecule has 0 aliphatic heterocycles. The lowest BCUT2D eigenvalue weighted by atomic mass is 10.3. The summed E-state index contributed by atoms with van der Waals surface area (Å²) in [6.07, 6.45) is 7.97. The number of imidazole rings is 1. The molecule has 0 unspecified atom stereocenters. The van der Waals surface area contributed by atoms with E-state index < -0.39 is 0 Å². The Kier molecular flexibility index (Phi) is 3.71. The van der Waals surface area contributed by atoms with Gasteiger partial charge < -0.3 is 10.3 Å². The molecule has 1 heterocycles. The van der Waals surface area contributed by atoms with E-state index in [1.165, 1.54) is 5.69 Å². The van der Waals surface area contributed by atoms with Gasteiger partial charge in [0, 0.05) is 25.4 Å². The Morgan fingerprint density at radius 2 is 2.38 bits per heavy atom. The molecule has 1 aromatic rings. The van der Waals surface area contributed by atoms with Crippen LogP contribution in [0.4, 0.5) is 0 Å². The maximum absolute atomic E-state index is 5.48. The molecule has 0 spiro atoms. The van der Waals surface area contributed by atoms with Crippen molar-refractivity contribution in [1.82, 2.24) is 9.55 Å². The third-order valence-electron chi connectivity index (χ3n) is 2.02. The molecule has 0 aliphatic rings. The summed E-state index contributed by atoms with van der Waals surface area (Å²) in [7, 11) is 2.02. The van der Waals surface area contributed by atoms with Crippen LogP contribution in [0.15, 0.2) is 12.3 Å². The molecule has 1 rings (SSSR count). The van der Waals surface area contributed by atoms with Crippen LogP contribution in [-0.4, -0.2) is 16.1 Å². The number of nitrogens with zero attached hydrogens (tertiary/aromatic N) is 2. The maximum atomic E-state index is 5.48. The number of nitrogens with two attached hydrogens (primary N) is 1. The zero-order valence-corrected chi connectivity index (χ0v) is 8.33. The minimum atomic E-state index is 0.677. The van der Waals surface area contributed by atoms with Crippen molar-refractivity contribution in [3.8, 4) is 0 Å². The third-order valence-corrected chi connectivity index (χ3v) is 2.02. The average Bonchev–Trinajstić information content (AvgIpc) is 2.46. The monoisotopic (exact) mass is 179 g/mol. The van der Waals surface area contributed by atoms with Gasteiger partial charge in [0.05, 0.1) is 0 Å². The van der Waals surface area contributed by atoms with Crippen molar-refractivity contribution in [2.45, 2.75) is 19.8 Å². The number of hydrogen-bond donors (Lipinski definition) is 1. The molecule has 0 amide bonds. The molecule has 0 fully saturated rings. The van der Waals surface area contributed by atoms with Gasteiger partial charge in [-0.3, -0.25) is 0 Å². The van der Waals surface area contributed by atoms with Gasteiger partial charge in [-0.15, -0.1) is 0 Å². The normalized spacial score (nSPS) is 11.3. The van der Waals surface area contributed by atoms with E-state index in [4.69, 9.17) is 5.73 Å². The van der Waals surface area contributed by atoms with Crippen molar-refractivity contribution in [2.75, 3.05) is 6.54 Å². The highest BCUT2D eigenvalue weighted by atomic mass is 15.1. The predicted octanol–water partition coefficient (Wildman–Crippen LogP) is 1.34. The Hall–Kier alpha value is -1.09.